The van der Waals surface area contributed by atoms with Crippen molar-refractivity contribution < 1.29 is 4.79 Å². The van der Waals surface area contributed by atoms with Gasteiger partial charge in [0.15, 0.2) is 0 Å². The quantitative estimate of drug-likeness (QED) is 0.809. The van der Waals surface area contributed by atoms with Gasteiger partial charge in [-0.1, -0.05) is 17.7 Å². The zero-order valence-corrected chi connectivity index (χ0v) is 14.8. The fraction of sp³-hybridized carbons (Fsp3) is 0.267. The monoisotopic (exact) mass is 372 g/mol. The van der Waals surface area contributed by atoms with Crippen LogP contribution in [0, 0.1) is 0 Å². The molecule has 2 aromatic rings. The van der Waals surface area contributed by atoms with E-state index < -0.39 is 0 Å². The SMILES string of the molecule is Cl.Cl.O=C(NCC1=CCNCC1)c1cnc(-c2ccccn2)s1. The number of halogens is 2. The molecule has 0 bridgehead atoms. The Morgan fingerprint density at radius 1 is 1.30 bits per heavy atom. The van der Waals surface area contributed by atoms with Gasteiger partial charge in [0.1, 0.15) is 9.88 Å². The third kappa shape index (κ3) is 5.28. The van der Waals surface area contributed by atoms with Gasteiger partial charge in [0.25, 0.3) is 5.91 Å². The van der Waals surface area contributed by atoms with Crippen LogP contribution in [0.5, 0.6) is 0 Å². The lowest BCUT2D eigenvalue weighted by Gasteiger charge is -2.14. The molecule has 1 aliphatic rings. The number of carbonyl (C=O) groups excluding carboxylic acids is 1. The molecular weight excluding hydrogens is 355 g/mol. The van der Waals surface area contributed by atoms with E-state index in [1.165, 1.54) is 16.9 Å². The van der Waals surface area contributed by atoms with Crippen molar-refractivity contribution in [3.8, 4) is 10.7 Å². The fourth-order valence-corrected chi connectivity index (χ4v) is 2.91. The summed E-state index contributed by atoms with van der Waals surface area (Å²) >= 11 is 1.36. The summed E-state index contributed by atoms with van der Waals surface area (Å²) in [4.78, 5) is 21.3. The number of hydrogen-bond acceptors (Lipinski definition) is 5. The standard InChI is InChI=1S/C15H16N4OS.2ClH/c20-14(18-9-11-4-7-16-8-5-11)13-10-19-15(21-13)12-3-1-2-6-17-12;;/h1-4,6,10,16H,5,7-9H2,(H,18,20);2*1H. The molecule has 0 atom stereocenters. The van der Waals surface area contributed by atoms with E-state index in [1.54, 1.807) is 12.4 Å². The molecule has 0 aliphatic carbocycles. The number of thiazole rings is 1. The predicted molar refractivity (Wildman–Crippen MR) is 97.7 cm³/mol. The number of pyridine rings is 1. The van der Waals surface area contributed by atoms with Gasteiger partial charge in [0.2, 0.25) is 0 Å². The van der Waals surface area contributed by atoms with Gasteiger partial charge in [-0.15, -0.1) is 36.2 Å². The smallest absolute Gasteiger partial charge is 0.263 e. The van der Waals surface area contributed by atoms with Crippen LogP contribution in [0.4, 0.5) is 0 Å². The summed E-state index contributed by atoms with van der Waals surface area (Å²) in [7, 11) is 0. The molecule has 1 amide bonds. The van der Waals surface area contributed by atoms with Crippen molar-refractivity contribution in [2.45, 2.75) is 6.42 Å². The molecule has 0 unspecified atom stereocenters. The Balaban J connectivity index is 0.00000132. The van der Waals surface area contributed by atoms with Crippen molar-refractivity contribution in [3.63, 3.8) is 0 Å². The first-order chi connectivity index (χ1) is 10.3. The minimum Gasteiger partial charge on any atom is -0.348 e. The minimum atomic E-state index is -0.0749. The average molecular weight is 373 g/mol. The first-order valence-corrected chi connectivity index (χ1v) is 7.68. The molecule has 0 fully saturated rings. The fourth-order valence-electron chi connectivity index (χ4n) is 2.10. The lowest BCUT2D eigenvalue weighted by molar-refractivity contribution is 0.0960. The molecule has 0 saturated carbocycles. The molecule has 0 radical (unpaired) electrons. The van der Waals surface area contributed by atoms with Crippen LogP contribution in [-0.4, -0.2) is 35.5 Å². The summed E-state index contributed by atoms with van der Waals surface area (Å²) in [6.07, 6.45) is 6.46. The van der Waals surface area contributed by atoms with Crippen LogP contribution in [0.1, 0.15) is 16.1 Å². The Bertz CT molecular complexity index is 661. The van der Waals surface area contributed by atoms with Gasteiger partial charge in [-0.25, -0.2) is 4.98 Å². The zero-order chi connectivity index (χ0) is 14.5. The molecule has 0 spiro atoms. The highest BCUT2D eigenvalue weighted by molar-refractivity contribution is 7.16. The van der Waals surface area contributed by atoms with Crippen molar-refractivity contribution >= 4 is 42.1 Å². The summed E-state index contributed by atoms with van der Waals surface area (Å²) in [5, 5.41) is 6.97. The Labute approximate surface area is 151 Å². The molecule has 124 valence electrons. The Kier molecular flexibility index (Phi) is 8.19. The normalized spacial score (nSPS) is 13.3. The molecular formula is C15H18Cl2N4OS. The van der Waals surface area contributed by atoms with E-state index >= 15 is 0 Å². The highest BCUT2D eigenvalue weighted by Gasteiger charge is 2.12. The highest BCUT2D eigenvalue weighted by atomic mass is 35.5. The van der Waals surface area contributed by atoms with E-state index in [1.807, 2.05) is 18.2 Å². The highest BCUT2D eigenvalue weighted by Crippen LogP contribution is 2.22. The predicted octanol–water partition coefficient (Wildman–Crippen LogP) is 2.70. The largest absolute Gasteiger partial charge is 0.348 e. The maximum Gasteiger partial charge on any atom is 0.263 e. The number of nitrogens with zero attached hydrogens (tertiary/aromatic N) is 2. The number of nitrogens with one attached hydrogen (secondary N) is 2. The maximum absolute atomic E-state index is 12.1. The van der Waals surface area contributed by atoms with Crippen molar-refractivity contribution in [3.05, 3.63) is 47.1 Å². The van der Waals surface area contributed by atoms with Gasteiger partial charge >= 0.3 is 0 Å². The minimum absolute atomic E-state index is 0. The molecule has 3 heterocycles. The molecule has 5 nitrogen and oxygen atoms in total. The number of carbonyl (C=O) groups is 1. The topological polar surface area (TPSA) is 66.9 Å². The second kappa shape index (κ2) is 9.62. The van der Waals surface area contributed by atoms with Gasteiger partial charge in [0, 0.05) is 19.3 Å². The van der Waals surface area contributed by atoms with Crippen LogP contribution in [0.3, 0.4) is 0 Å². The molecule has 0 saturated heterocycles. The van der Waals surface area contributed by atoms with E-state index in [0.29, 0.717) is 11.4 Å². The van der Waals surface area contributed by atoms with Gasteiger partial charge in [-0.05, 0) is 25.1 Å². The van der Waals surface area contributed by atoms with Crippen LogP contribution >= 0.6 is 36.2 Å². The molecule has 3 rings (SSSR count). The molecule has 8 heteroatoms. The van der Waals surface area contributed by atoms with Crippen LogP contribution in [0.15, 0.2) is 42.2 Å². The van der Waals surface area contributed by atoms with Crippen molar-refractivity contribution in [2.24, 2.45) is 0 Å². The van der Waals surface area contributed by atoms with E-state index in [-0.39, 0.29) is 30.7 Å². The number of hydrogen-bond donors (Lipinski definition) is 2. The maximum atomic E-state index is 12.1. The lowest BCUT2D eigenvalue weighted by atomic mass is 10.1. The van der Waals surface area contributed by atoms with E-state index in [4.69, 9.17) is 0 Å². The van der Waals surface area contributed by atoms with Gasteiger partial charge < -0.3 is 10.6 Å². The summed E-state index contributed by atoms with van der Waals surface area (Å²) in [6.45, 7) is 2.47. The Morgan fingerprint density at radius 2 is 2.17 bits per heavy atom. The van der Waals surface area contributed by atoms with Crippen LogP contribution in [0.25, 0.3) is 10.7 Å². The molecule has 2 aromatic heterocycles. The van der Waals surface area contributed by atoms with Crippen LogP contribution in [0.2, 0.25) is 0 Å². The van der Waals surface area contributed by atoms with E-state index in [0.717, 1.165) is 30.2 Å². The van der Waals surface area contributed by atoms with Crippen molar-refractivity contribution in [1.82, 2.24) is 20.6 Å². The van der Waals surface area contributed by atoms with E-state index in [2.05, 4.69) is 26.7 Å². The lowest BCUT2D eigenvalue weighted by Crippen LogP contribution is -2.29. The summed E-state index contributed by atoms with van der Waals surface area (Å²) < 4.78 is 0. The van der Waals surface area contributed by atoms with Gasteiger partial charge in [-0.2, -0.15) is 0 Å². The number of rotatable bonds is 4. The van der Waals surface area contributed by atoms with Crippen LogP contribution in [-0.2, 0) is 0 Å². The molecule has 0 aromatic carbocycles. The Hall–Kier alpha value is -1.47. The third-order valence-corrected chi connectivity index (χ3v) is 4.27. The van der Waals surface area contributed by atoms with Crippen LogP contribution < -0.4 is 10.6 Å². The molecule has 1 aliphatic heterocycles. The van der Waals surface area contributed by atoms with E-state index in [9.17, 15) is 4.79 Å². The first-order valence-electron chi connectivity index (χ1n) is 6.87. The van der Waals surface area contributed by atoms with Crippen molar-refractivity contribution in [1.29, 1.82) is 0 Å². The summed E-state index contributed by atoms with van der Waals surface area (Å²) in [5.41, 5.74) is 2.07. The zero-order valence-electron chi connectivity index (χ0n) is 12.3. The number of amides is 1. The third-order valence-electron chi connectivity index (χ3n) is 3.25. The first kappa shape index (κ1) is 19.6. The second-order valence-corrected chi connectivity index (χ2v) is 5.77. The summed E-state index contributed by atoms with van der Waals surface area (Å²) in [6, 6.07) is 5.66. The molecule has 2 N–H and O–H groups in total. The Morgan fingerprint density at radius 3 is 2.87 bits per heavy atom. The van der Waals surface area contributed by atoms with Crippen molar-refractivity contribution in [2.75, 3.05) is 19.6 Å². The van der Waals surface area contributed by atoms with Gasteiger partial charge in [0.05, 0.1) is 11.9 Å². The second-order valence-electron chi connectivity index (χ2n) is 4.74. The van der Waals surface area contributed by atoms with Gasteiger partial charge in [-0.3, -0.25) is 9.78 Å². The molecule has 23 heavy (non-hydrogen) atoms. The summed E-state index contributed by atoms with van der Waals surface area (Å²) in [5.74, 6) is -0.0749. The average Bonchev–Trinajstić information content (AvgIpc) is 3.04. The number of aromatic nitrogens is 2.